The second-order valence-electron chi connectivity index (χ2n) is 4.67. The van der Waals surface area contributed by atoms with E-state index in [2.05, 4.69) is 23.7 Å². The Hall–Kier alpha value is -1.35. The van der Waals surface area contributed by atoms with E-state index in [9.17, 15) is 4.39 Å². The summed E-state index contributed by atoms with van der Waals surface area (Å²) in [6, 6.07) is 7.49. The molecule has 92 valence electrons. The van der Waals surface area contributed by atoms with Crippen molar-refractivity contribution in [2.75, 3.05) is 6.54 Å². The van der Waals surface area contributed by atoms with Gasteiger partial charge in [-0.15, -0.1) is 0 Å². The summed E-state index contributed by atoms with van der Waals surface area (Å²) in [6.45, 7) is 6.19. The molecule has 0 amide bonds. The van der Waals surface area contributed by atoms with E-state index in [0.29, 0.717) is 6.04 Å². The molecule has 1 aromatic heterocycles. The zero-order chi connectivity index (χ0) is 12.3. The third kappa shape index (κ3) is 3.07. The van der Waals surface area contributed by atoms with Crippen molar-refractivity contribution in [3.63, 3.8) is 0 Å². The molecule has 2 aromatic rings. The molecule has 0 fully saturated rings. The van der Waals surface area contributed by atoms with E-state index in [1.54, 1.807) is 6.07 Å². The number of hydrogen-bond donors (Lipinski definition) is 1. The van der Waals surface area contributed by atoms with Gasteiger partial charge < -0.3 is 9.88 Å². The minimum atomic E-state index is -0.169. The lowest BCUT2D eigenvalue weighted by atomic mass is 10.2. The standard InChI is InChI=1S/C14H19FN2/c1-11(2)16-7-3-8-17-9-6-12-4-5-13(15)10-14(12)17/h4-6,9-11,16H,3,7-8H2,1-2H3. The van der Waals surface area contributed by atoms with Crippen molar-refractivity contribution >= 4 is 10.9 Å². The van der Waals surface area contributed by atoms with Crippen LogP contribution in [-0.4, -0.2) is 17.2 Å². The van der Waals surface area contributed by atoms with Crippen LogP contribution in [0.2, 0.25) is 0 Å². The lowest BCUT2D eigenvalue weighted by Crippen LogP contribution is -2.24. The summed E-state index contributed by atoms with van der Waals surface area (Å²) in [6.07, 6.45) is 3.08. The third-order valence-electron chi connectivity index (χ3n) is 2.86. The number of nitrogens with one attached hydrogen (secondary N) is 1. The zero-order valence-corrected chi connectivity index (χ0v) is 10.4. The van der Waals surface area contributed by atoms with Crippen molar-refractivity contribution < 1.29 is 4.39 Å². The fourth-order valence-corrected chi connectivity index (χ4v) is 1.99. The van der Waals surface area contributed by atoms with Crippen molar-refractivity contribution in [1.29, 1.82) is 0 Å². The SMILES string of the molecule is CC(C)NCCCn1ccc2ccc(F)cc21. The smallest absolute Gasteiger partial charge is 0.125 e. The van der Waals surface area contributed by atoms with E-state index in [-0.39, 0.29) is 5.82 Å². The van der Waals surface area contributed by atoms with Crippen LogP contribution in [0.5, 0.6) is 0 Å². The van der Waals surface area contributed by atoms with Crippen molar-refractivity contribution in [2.24, 2.45) is 0 Å². The number of benzene rings is 1. The maximum atomic E-state index is 13.2. The molecule has 0 aliphatic carbocycles. The Labute approximate surface area is 101 Å². The highest BCUT2D eigenvalue weighted by Gasteiger charge is 2.02. The number of nitrogens with zero attached hydrogens (tertiary/aromatic N) is 1. The molecule has 0 saturated carbocycles. The van der Waals surface area contributed by atoms with Gasteiger partial charge in [0.1, 0.15) is 5.82 Å². The lowest BCUT2D eigenvalue weighted by molar-refractivity contribution is 0.540. The molecule has 0 saturated heterocycles. The first kappa shape index (κ1) is 12.1. The van der Waals surface area contributed by atoms with Crippen molar-refractivity contribution in [2.45, 2.75) is 32.9 Å². The quantitative estimate of drug-likeness (QED) is 0.786. The minimum Gasteiger partial charge on any atom is -0.347 e. The molecule has 0 atom stereocenters. The fourth-order valence-electron chi connectivity index (χ4n) is 1.99. The van der Waals surface area contributed by atoms with E-state index in [4.69, 9.17) is 0 Å². The average Bonchev–Trinajstić information content (AvgIpc) is 2.67. The summed E-state index contributed by atoms with van der Waals surface area (Å²) in [5.74, 6) is -0.169. The van der Waals surface area contributed by atoms with Gasteiger partial charge in [-0.2, -0.15) is 0 Å². The molecule has 3 heteroatoms. The predicted octanol–water partition coefficient (Wildman–Crippen LogP) is 3.17. The summed E-state index contributed by atoms with van der Waals surface area (Å²) < 4.78 is 15.3. The van der Waals surface area contributed by atoms with Crippen molar-refractivity contribution in [3.05, 3.63) is 36.3 Å². The number of aromatic nitrogens is 1. The van der Waals surface area contributed by atoms with Gasteiger partial charge in [0.25, 0.3) is 0 Å². The van der Waals surface area contributed by atoms with E-state index in [1.165, 1.54) is 6.07 Å². The number of rotatable bonds is 5. The van der Waals surface area contributed by atoms with E-state index in [1.807, 2.05) is 18.3 Å². The third-order valence-corrected chi connectivity index (χ3v) is 2.86. The molecule has 0 aliphatic rings. The van der Waals surface area contributed by atoms with E-state index < -0.39 is 0 Å². The molecule has 0 radical (unpaired) electrons. The average molecular weight is 234 g/mol. The summed E-state index contributed by atoms with van der Waals surface area (Å²) in [7, 11) is 0. The highest BCUT2D eigenvalue weighted by atomic mass is 19.1. The normalized spacial score (nSPS) is 11.5. The maximum Gasteiger partial charge on any atom is 0.125 e. The van der Waals surface area contributed by atoms with Crippen LogP contribution in [0.15, 0.2) is 30.5 Å². The van der Waals surface area contributed by atoms with Crippen LogP contribution in [0.25, 0.3) is 10.9 Å². The van der Waals surface area contributed by atoms with Gasteiger partial charge >= 0.3 is 0 Å². The van der Waals surface area contributed by atoms with E-state index in [0.717, 1.165) is 30.4 Å². The Balaban J connectivity index is 2.01. The van der Waals surface area contributed by atoms with Crippen LogP contribution in [-0.2, 0) is 6.54 Å². The van der Waals surface area contributed by atoms with Crippen LogP contribution >= 0.6 is 0 Å². The predicted molar refractivity (Wildman–Crippen MR) is 69.7 cm³/mol. The molecular formula is C14H19FN2. The Kier molecular flexibility index (Phi) is 3.79. The molecule has 0 bridgehead atoms. The second-order valence-corrected chi connectivity index (χ2v) is 4.67. The number of halogens is 1. The molecule has 17 heavy (non-hydrogen) atoms. The molecule has 1 heterocycles. The molecule has 0 unspecified atom stereocenters. The van der Waals surface area contributed by atoms with Gasteiger partial charge in [0, 0.05) is 18.8 Å². The fraction of sp³-hybridized carbons (Fsp3) is 0.429. The first-order valence-electron chi connectivity index (χ1n) is 6.14. The largest absolute Gasteiger partial charge is 0.347 e. The monoisotopic (exact) mass is 234 g/mol. The summed E-state index contributed by atoms with van der Waals surface area (Å²) in [4.78, 5) is 0. The first-order chi connectivity index (χ1) is 8.16. The van der Waals surface area contributed by atoms with Gasteiger partial charge in [0.05, 0.1) is 5.52 Å². The van der Waals surface area contributed by atoms with Gasteiger partial charge in [-0.05, 0) is 42.6 Å². The zero-order valence-electron chi connectivity index (χ0n) is 10.4. The molecule has 0 spiro atoms. The first-order valence-corrected chi connectivity index (χ1v) is 6.14. The van der Waals surface area contributed by atoms with Crippen LogP contribution in [0.1, 0.15) is 20.3 Å². The van der Waals surface area contributed by atoms with Crippen molar-refractivity contribution in [3.8, 4) is 0 Å². The molecule has 2 nitrogen and oxygen atoms in total. The molecule has 2 rings (SSSR count). The Morgan fingerprint density at radius 1 is 1.29 bits per heavy atom. The Bertz CT molecular complexity index is 488. The number of hydrogen-bond acceptors (Lipinski definition) is 1. The van der Waals surface area contributed by atoms with E-state index >= 15 is 0 Å². The van der Waals surface area contributed by atoms with Crippen LogP contribution < -0.4 is 5.32 Å². The minimum absolute atomic E-state index is 0.169. The summed E-state index contributed by atoms with van der Waals surface area (Å²) in [5.41, 5.74) is 0.981. The topological polar surface area (TPSA) is 17.0 Å². The molecule has 1 N–H and O–H groups in total. The summed E-state index contributed by atoms with van der Waals surface area (Å²) >= 11 is 0. The van der Waals surface area contributed by atoms with Crippen LogP contribution in [0.4, 0.5) is 4.39 Å². The maximum absolute atomic E-state index is 13.2. The van der Waals surface area contributed by atoms with Gasteiger partial charge in [0.15, 0.2) is 0 Å². The highest BCUT2D eigenvalue weighted by Crippen LogP contribution is 2.17. The van der Waals surface area contributed by atoms with Crippen LogP contribution in [0, 0.1) is 5.82 Å². The van der Waals surface area contributed by atoms with Crippen LogP contribution in [0.3, 0.4) is 0 Å². The van der Waals surface area contributed by atoms with Gasteiger partial charge in [-0.3, -0.25) is 0 Å². The number of aryl methyl sites for hydroxylation is 1. The molecule has 0 aliphatic heterocycles. The van der Waals surface area contributed by atoms with Crippen molar-refractivity contribution in [1.82, 2.24) is 9.88 Å². The second kappa shape index (κ2) is 5.32. The Morgan fingerprint density at radius 3 is 2.88 bits per heavy atom. The number of fused-ring (bicyclic) bond motifs is 1. The molecular weight excluding hydrogens is 215 g/mol. The highest BCUT2D eigenvalue weighted by molar-refractivity contribution is 5.80. The Morgan fingerprint density at radius 2 is 2.12 bits per heavy atom. The summed E-state index contributed by atoms with van der Waals surface area (Å²) in [5, 5.41) is 4.48. The van der Waals surface area contributed by atoms with Gasteiger partial charge in [0.2, 0.25) is 0 Å². The lowest BCUT2D eigenvalue weighted by Gasteiger charge is -2.09. The molecule has 1 aromatic carbocycles. The van der Waals surface area contributed by atoms with Gasteiger partial charge in [-0.25, -0.2) is 4.39 Å². The van der Waals surface area contributed by atoms with Gasteiger partial charge in [-0.1, -0.05) is 13.8 Å².